The lowest BCUT2D eigenvalue weighted by Crippen LogP contribution is -2.31. The number of rotatable bonds is 3. The predicted octanol–water partition coefficient (Wildman–Crippen LogP) is 5.72. The van der Waals surface area contributed by atoms with Gasteiger partial charge in [-0.1, -0.05) is 44.5 Å². The summed E-state index contributed by atoms with van der Waals surface area (Å²) in [5, 5.41) is 1.37. The van der Waals surface area contributed by atoms with Crippen LogP contribution >= 0.6 is 11.3 Å². The molecule has 3 heterocycles. The van der Waals surface area contributed by atoms with Crippen LogP contribution in [-0.4, -0.2) is 16.5 Å². The van der Waals surface area contributed by atoms with Crippen LogP contribution in [-0.2, 0) is 32.2 Å². The van der Waals surface area contributed by atoms with Crippen molar-refractivity contribution in [3.05, 3.63) is 51.7 Å². The number of hydrogen-bond donors (Lipinski definition) is 0. The van der Waals surface area contributed by atoms with Crippen LogP contribution in [0.4, 0.5) is 5.82 Å². The molecule has 1 aromatic carbocycles. The van der Waals surface area contributed by atoms with Crippen molar-refractivity contribution in [3.63, 3.8) is 0 Å². The van der Waals surface area contributed by atoms with Crippen molar-refractivity contribution >= 4 is 27.4 Å². The molecule has 0 N–H and O–H groups in total. The van der Waals surface area contributed by atoms with Gasteiger partial charge < -0.3 is 4.90 Å². The molecule has 2 aliphatic rings. The van der Waals surface area contributed by atoms with Crippen LogP contribution in [0.2, 0.25) is 0 Å². The Hall–Kier alpha value is -1.94. The van der Waals surface area contributed by atoms with E-state index in [1.165, 1.54) is 59.3 Å². The minimum Gasteiger partial charge on any atom is -0.351 e. The first-order valence-electron chi connectivity index (χ1n) is 10.8. The molecule has 28 heavy (non-hydrogen) atoms. The molecule has 0 fully saturated rings. The molecule has 0 spiro atoms. The van der Waals surface area contributed by atoms with Crippen LogP contribution in [0.15, 0.2) is 24.3 Å². The molecule has 0 atom stereocenters. The van der Waals surface area contributed by atoms with Gasteiger partial charge in [-0.15, -0.1) is 11.3 Å². The molecule has 0 radical (unpaired) electrons. The molecule has 146 valence electrons. The van der Waals surface area contributed by atoms with Gasteiger partial charge in [0.15, 0.2) is 0 Å². The molecular weight excluding hydrogens is 362 g/mol. The Morgan fingerprint density at radius 2 is 1.82 bits per heavy atom. The van der Waals surface area contributed by atoms with Gasteiger partial charge in [0.25, 0.3) is 0 Å². The summed E-state index contributed by atoms with van der Waals surface area (Å²) in [7, 11) is 0. The first-order valence-corrected chi connectivity index (χ1v) is 11.6. The average Bonchev–Trinajstić information content (AvgIpc) is 2.87. The van der Waals surface area contributed by atoms with E-state index in [4.69, 9.17) is 9.97 Å². The van der Waals surface area contributed by atoms with E-state index in [0.717, 1.165) is 31.8 Å². The van der Waals surface area contributed by atoms with Gasteiger partial charge in [-0.25, -0.2) is 9.97 Å². The molecule has 3 aromatic rings. The number of fused-ring (bicyclic) bond motifs is 4. The monoisotopic (exact) mass is 391 g/mol. The van der Waals surface area contributed by atoms with Gasteiger partial charge in [0, 0.05) is 24.4 Å². The molecule has 0 unspecified atom stereocenters. The van der Waals surface area contributed by atoms with Crippen molar-refractivity contribution in [1.82, 2.24) is 9.97 Å². The van der Waals surface area contributed by atoms with Crippen LogP contribution in [0.25, 0.3) is 10.2 Å². The maximum atomic E-state index is 5.17. The van der Waals surface area contributed by atoms with Gasteiger partial charge in [-0.3, -0.25) is 0 Å². The number of anilines is 1. The van der Waals surface area contributed by atoms with E-state index >= 15 is 0 Å². The molecule has 0 saturated carbocycles. The summed E-state index contributed by atoms with van der Waals surface area (Å²) in [6.07, 6.45) is 8.44. The SMILES string of the molecule is CC(C)Cc1nc(N2CCc3ccccc3C2)c2c3c(sc2n1)CCCCC3. The standard InChI is InChI=1S/C24H29N3S/c1-16(2)14-21-25-23(27-13-12-17-8-6-7-9-18(17)15-27)22-19-10-4-3-5-11-20(19)28-24(22)26-21/h6-9,16H,3-5,10-15H2,1-2H3. The van der Waals surface area contributed by atoms with E-state index in [-0.39, 0.29) is 0 Å². The smallest absolute Gasteiger partial charge is 0.141 e. The zero-order chi connectivity index (χ0) is 19.1. The largest absolute Gasteiger partial charge is 0.351 e. The summed E-state index contributed by atoms with van der Waals surface area (Å²) in [6, 6.07) is 8.89. The van der Waals surface area contributed by atoms with Crippen LogP contribution in [0, 0.1) is 5.92 Å². The van der Waals surface area contributed by atoms with E-state index in [2.05, 4.69) is 43.0 Å². The number of thiophene rings is 1. The van der Waals surface area contributed by atoms with Crippen molar-refractivity contribution in [3.8, 4) is 0 Å². The fraction of sp³-hybridized carbons (Fsp3) is 0.500. The van der Waals surface area contributed by atoms with Crippen molar-refractivity contribution < 1.29 is 0 Å². The maximum absolute atomic E-state index is 5.17. The zero-order valence-electron chi connectivity index (χ0n) is 17.0. The Kier molecular flexibility index (Phi) is 4.83. The molecular formula is C24H29N3S. The van der Waals surface area contributed by atoms with E-state index in [1.807, 2.05) is 11.3 Å². The quantitative estimate of drug-likeness (QED) is 0.535. The van der Waals surface area contributed by atoms with Gasteiger partial charge in [-0.05, 0) is 54.7 Å². The third-order valence-electron chi connectivity index (χ3n) is 6.11. The second-order valence-electron chi connectivity index (χ2n) is 8.75. The summed E-state index contributed by atoms with van der Waals surface area (Å²) in [4.78, 5) is 15.5. The van der Waals surface area contributed by atoms with Gasteiger partial charge in [0.1, 0.15) is 16.5 Å². The number of benzene rings is 1. The molecule has 1 aliphatic carbocycles. The summed E-state index contributed by atoms with van der Waals surface area (Å²) >= 11 is 1.94. The summed E-state index contributed by atoms with van der Waals surface area (Å²) < 4.78 is 0. The Morgan fingerprint density at radius 1 is 1.00 bits per heavy atom. The number of hydrogen-bond acceptors (Lipinski definition) is 4. The van der Waals surface area contributed by atoms with Crippen molar-refractivity contribution in [2.24, 2.45) is 5.92 Å². The Bertz CT molecular complexity index is 1000. The van der Waals surface area contributed by atoms with Crippen LogP contribution in [0.5, 0.6) is 0 Å². The van der Waals surface area contributed by atoms with E-state index < -0.39 is 0 Å². The Morgan fingerprint density at radius 3 is 2.68 bits per heavy atom. The van der Waals surface area contributed by atoms with E-state index in [9.17, 15) is 0 Å². The molecule has 1 aliphatic heterocycles. The minimum atomic E-state index is 0.574. The number of nitrogens with zero attached hydrogens (tertiary/aromatic N) is 3. The van der Waals surface area contributed by atoms with Gasteiger partial charge in [0.2, 0.25) is 0 Å². The molecule has 2 aromatic heterocycles. The average molecular weight is 392 g/mol. The van der Waals surface area contributed by atoms with Gasteiger partial charge in [0.05, 0.1) is 5.39 Å². The highest BCUT2D eigenvalue weighted by Crippen LogP contribution is 2.40. The van der Waals surface area contributed by atoms with Gasteiger partial charge in [-0.2, -0.15) is 0 Å². The summed E-state index contributed by atoms with van der Waals surface area (Å²) in [5.41, 5.74) is 4.50. The van der Waals surface area contributed by atoms with Crippen LogP contribution in [0.3, 0.4) is 0 Å². The highest BCUT2D eigenvalue weighted by Gasteiger charge is 2.25. The number of aryl methyl sites for hydroxylation is 2. The first-order chi connectivity index (χ1) is 13.7. The highest BCUT2D eigenvalue weighted by molar-refractivity contribution is 7.19. The maximum Gasteiger partial charge on any atom is 0.141 e. The van der Waals surface area contributed by atoms with E-state index in [0.29, 0.717) is 5.92 Å². The fourth-order valence-corrected chi connectivity index (χ4v) is 5.99. The Balaban J connectivity index is 1.64. The minimum absolute atomic E-state index is 0.574. The normalized spacial score (nSPS) is 16.9. The van der Waals surface area contributed by atoms with Crippen molar-refractivity contribution in [2.45, 2.75) is 65.3 Å². The van der Waals surface area contributed by atoms with Crippen LogP contribution in [0.1, 0.15) is 60.5 Å². The van der Waals surface area contributed by atoms with E-state index in [1.54, 1.807) is 10.4 Å². The summed E-state index contributed by atoms with van der Waals surface area (Å²) in [5.74, 6) is 2.80. The molecule has 0 bridgehead atoms. The fourth-order valence-electron chi connectivity index (χ4n) is 4.72. The number of aromatic nitrogens is 2. The first kappa shape index (κ1) is 18.1. The topological polar surface area (TPSA) is 29.0 Å². The Labute approximate surface area is 171 Å². The zero-order valence-corrected chi connectivity index (χ0v) is 17.8. The molecule has 0 amide bonds. The van der Waals surface area contributed by atoms with Crippen molar-refractivity contribution in [1.29, 1.82) is 0 Å². The summed E-state index contributed by atoms with van der Waals surface area (Å²) in [6.45, 7) is 6.53. The third-order valence-corrected chi connectivity index (χ3v) is 7.30. The molecule has 0 saturated heterocycles. The lowest BCUT2D eigenvalue weighted by atomic mass is 9.99. The van der Waals surface area contributed by atoms with Crippen LogP contribution < -0.4 is 4.90 Å². The highest BCUT2D eigenvalue weighted by atomic mass is 32.1. The molecule has 4 heteroatoms. The van der Waals surface area contributed by atoms with Gasteiger partial charge >= 0.3 is 0 Å². The molecule has 5 rings (SSSR count). The lowest BCUT2D eigenvalue weighted by Gasteiger charge is -2.30. The van der Waals surface area contributed by atoms with Crippen molar-refractivity contribution in [2.75, 3.05) is 11.4 Å². The predicted molar refractivity (Wildman–Crippen MR) is 118 cm³/mol. The third kappa shape index (κ3) is 3.32. The lowest BCUT2D eigenvalue weighted by molar-refractivity contribution is 0.620. The second kappa shape index (κ2) is 7.47. The molecule has 3 nitrogen and oxygen atoms in total. The second-order valence-corrected chi connectivity index (χ2v) is 9.83.